The average molecular weight is 269 g/mol. The van der Waals surface area contributed by atoms with Crippen molar-refractivity contribution in [2.75, 3.05) is 0 Å². The number of amides is 1. The first kappa shape index (κ1) is 14.2. The second-order valence-electron chi connectivity index (χ2n) is 4.78. The topological polar surface area (TPSA) is 68.0 Å². The summed E-state index contributed by atoms with van der Waals surface area (Å²) in [6.45, 7) is 1.90. The Bertz CT molecular complexity index is 542. The zero-order chi connectivity index (χ0) is 14.4. The van der Waals surface area contributed by atoms with Crippen molar-refractivity contribution in [3.05, 3.63) is 66.0 Å². The molecule has 0 spiro atoms. The van der Waals surface area contributed by atoms with Gasteiger partial charge in [0.1, 0.15) is 0 Å². The van der Waals surface area contributed by atoms with E-state index in [0.29, 0.717) is 6.42 Å². The highest BCUT2D eigenvalue weighted by Crippen LogP contribution is 2.09. The van der Waals surface area contributed by atoms with Gasteiger partial charge in [0.2, 0.25) is 5.91 Å². The molecule has 2 rings (SSSR count). The number of nitrogens with one attached hydrogen (secondary N) is 1. The number of rotatable bonds is 5. The summed E-state index contributed by atoms with van der Waals surface area (Å²) in [6.07, 6.45) is 2.24. The van der Waals surface area contributed by atoms with Gasteiger partial charge in [0.15, 0.2) is 0 Å². The van der Waals surface area contributed by atoms with E-state index >= 15 is 0 Å². The third-order valence-electron chi connectivity index (χ3n) is 3.13. The first-order valence-corrected chi connectivity index (χ1v) is 6.67. The first-order chi connectivity index (χ1) is 9.66. The molecule has 0 unspecified atom stereocenters. The molecule has 1 aromatic carbocycles. The molecule has 0 radical (unpaired) electrons. The van der Waals surface area contributed by atoms with Crippen LogP contribution in [0.1, 0.15) is 24.2 Å². The van der Waals surface area contributed by atoms with Crippen molar-refractivity contribution in [2.45, 2.75) is 25.4 Å². The van der Waals surface area contributed by atoms with E-state index in [1.54, 1.807) is 6.20 Å². The Hall–Kier alpha value is -2.20. The minimum absolute atomic E-state index is 0.148. The zero-order valence-corrected chi connectivity index (χ0v) is 11.5. The predicted octanol–water partition coefficient (Wildman–Crippen LogP) is 1.83. The van der Waals surface area contributed by atoms with Crippen LogP contribution in [0.25, 0.3) is 0 Å². The quantitative estimate of drug-likeness (QED) is 0.870. The summed E-state index contributed by atoms with van der Waals surface area (Å²) in [6, 6.07) is 14.7. The third-order valence-corrected chi connectivity index (χ3v) is 3.13. The van der Waals surface area contributed by atoms with Gasteiger partial charge in [-0.25, -0.2) is 0 Å². The van der Waals surface area contributed by atoms with Crippen molar-refractivity contribution < 1.29 is 4.79 Å². The van der Waals surface area contributed by atoms with Crippen LogP contribution in [0.3, 0.4) is 0 Å². The Balaban J connectivity index is 1.91. The molecule has 0 saturated carbocycles. The Kier molecular flexibility index (Phi) is 4.85. The van der Waals surface area contributed by atoms with Gasteiger partial charge >= 0.3 is 0 Å². The van der Waals surface area contributed by atoms with E-state index in [2.05, 4.69) is 10.3 Å². The number of benzene rings is 1. The van der Waals surface area contributed by atoms with Crippen LogP contribution in [0, 0.1) is 0 Å². The van der Waals surface area contributed by atoms with Gasteiger partial charge < -0.3 is 11.1 Å². The molecule has 2 aromatic rings. The van der Waals surface area contributed by atoms with Crippen molar-refractivity contribution in [2.24, 2.45) is 5.73 Å². The molecule has 0 aliphatic rings. The number of carbonyl (C=O) groups excluding carboxylic acids is 1. The number of aromatic nitrogens is 1. The minimum atomic E-state index is -0.552. The predicted molar refractivity (Wildman–Crippen MR) is 78.9 cm³/mol. The summed E-state index contributed by atoms with van der Waals surface area (Å²) in [7, 11) is 0. The number of carbonyl (C=O) groups is 1. The monoisotopic (exact) mass is 269 g/mol. The fourth-order valence-corrected chi connectivity index (χ4v) is 1.99. The Morgan fingerprint density at radius 1 is 1.20 bits per heavy atom. The van der Waals surface area contributed by atoms with Crippen LogP contribution in [0.4, 0.5) is 0 Å². The number of hydrogen-bond acceptors (Lipinski definition) is 3. The highest BCUT2D eigenvalue weighted by atomic mass is 16.2. The molecule has 4 heteroatoms. The van der Waals surface area contributed by atoms with Gasteiger partial charge in [0, 0.05) is 6.20 Å². The van der Waals surface area contributed by atoms with E-state index in [1.165, 1.54) is 0 Å². The molecule has 1 aromatic heterocycles. The lowest BCUT2D eigenvalue weighted by molar-refractivity contribution is -0.123. The van der Waals surface area contributed by atoms with E-state index in [4.69, 9.17) is 5.73 Å². The highest BCUT2D eigenvalue weighted by molar-refractivity contribution is 5.82. The summed E-state index contributed by atoms with van der Waals surface area (Å²) in [5.74, 6) is -0.160. The SMILES string of the molecule is C[C@@H](NC(=O)[C@@H](N)Cc1ccccc1)c1ccccn1. The molecule has 3 N–H and O–H groups in total. The van der Waals surface area contributed by atoms with Crippen molar-refractivity contribution in [1.29, 1.82) is 0 Å². The van der Waals surface area contributed by atoms with E-state index in [9.17, 15) is 4.79 Å². The van der Waals surface area contributed by atoms with E-state index in [-0.39, 0.29) is 11.9 Å². The van der Waals surface area contributed by atoms with Crippen LogP contribution < -0.4 is 11.1 Å². The van der Waals surface area contributed by atoms with Gasteiger partial charge in [-0.1, -0.05) is 36.4 Å². The fraction of sp³-hybridized carbons (Fsp3) is 0.250. The first-order valence-electron chi connectivity index (χ1n) is 6.67. The van der Waals surface area contributed by atoms with Crippen molar-refractivity contribution in [3.63, 3.8) is 0 Å². The average Bonchev–Trinajstić information content (AvgIpc) is 2.49. The lowest BCUT2D eigenvalue weighted by atomic mass is 10.1. The molecule has 104 valence electrons. The zero-order valence-electron chi connectivity index (χ0n) is 11.5. The van der Waals surface area contributed by atoms with Crippen molar-refractivity contribution in [1.82, 2.24) is 10.3 Å². The molecule has 0 saturated heterocycles. The fourth-order valence-electron chi connectivity index (χ4n) is 1.99. The van der Waals surface area contributed by atoms with Crippen LogP contribution in [-0.4, -0.2) is 16.9 Å². The maximum atomic E-state index is 12.1. The summed E-state index contributed by atoms with van der Waals surface area (Å²) in [4.78, 5) is 16.3. The Labute approximate surface area is 119 Å². The van der Waals surface area contributed by atoms with Crippen molar-refractivity contribution >= 4 is 5.91 Å². The molecule has 1 heterocycles. The maximum absolute atomic E-state index is 12.1. The number of hydrogen-bond donors (Lipinski definition) is 2. The third kappa shape index (κ3) is 3.90. The van der Waals surface area contributed by atoms with Gasteiger partial charge in [-0.05, 0) is 31.0 Å². The lowest BCUT2D eigenvalue weighted by Crippen LogP contribution is -2.43. The lowest BCUT2D eigenvalue weighted by Gasteiger charge is -2.17. The summed E-state index contributed by atoms with van der Waals surface area (Å²) < 4.78 is 0. The molecule has 4 nitrogen and oxygen atoms in total. The van der Waals surface area contributed by atoms with Crippen LogP contribution in [0.5, 0.6) is 0 Å². The maximum Gasteiger partial charge on any atom is 0.237 e. The van der Waals surface area contributed by atoms with Gasteiger partial charge in [-0.3, -0.25) is 9.78 Å². The summed E-state index contributed by atoms with van der Waals surface area (Å²) >= 11 is 0. The van der Waals surface area contributed by atoms with Crippen LogP contribution in [0.15, 0.2) is 54.7 Å². The van der Waals surface area contributed by atoms with Gasteiger partial charge in [0.05, 0.1) is 17.8 Å². The minimum Gasteiger partial charge on any atom is -0.347 e. The van der Waals surface area contributed by atoms with Crippen LogP contribution >= 0.6 is 0 Å². The highest BCUT2D eigenvalue weighted by Gasteiger charge is 2.17. The van der Waals surface area contributed by atoms with Crippen LogP contribution in [0.2, 0.25) is 0 Å². The van der Waals surface area contributed by atoms with Crippen molar-refractivity contribution in [3.8, 4) is 0 Å². The number of pyridine rings is 1. The number of nitrogens with zero attached hydrogens (tertiary/aromatic N) is 1. The molecule has 2 atom stereocenters. The molecule has 1 amide bonds. The molecule has 0 bridgehead atoms. The normalized spacial score (nSPS) is 13.5. The number of nitrogens with two attached hydrogens (primary N) is 1. The summed E-state index contributed by atoms with van der Waals surface area (Å²) in [5, 5.41) is 2.89. The molecule has 0 aliphatic carbocycles. The molecule has 0 aliphatic heterocycles. The Morgan fingerprint density at radius 2 is 1.90 bits per heavy atom. The summed E-state index contributed by atoms with van der Waals surface area (Å²) in [5.41, 5.74) is 7.83. The molecule has 20 heavy (non-hydrogen) atoms. The standard InChI is InChI=1S/C16H19N3O/c1-12(15-9-5-6-10-18-15)19-16(20)14(17)11-13-7-3-2-4-8-13/h2-10,12,14H,11,17H2,1H3,(H,19,20)/t12-,14+/m1/s1. The van der Waals surface area contributed by atoms with Gasteiger partial charge in [0.25, 0.3) is 0 Å². The van der Waals surface area contributed by atoms with E-state index < -0.39 is 6.04 Å². The molecular weight excluding hydrogens is 250 g/mol. The Morgan fingerprint density at radius 3 is 2.55 bits per heavy atom. The van der Waals surface area contributed by atoms with Crippen LogP contribution in [-0.2, 0) is 11.2 Å². The van der Waals surface area contributed by atoms with E-state index in [0.717, 1.165) is 11.3 Å². The largest absolute Gasteiger partial charge is 0.347 e. The molecular formula is C16H19N3O. The second kappa shape index (κ2) is 6.82. The van der Waals surface area contributed by atoms with Gasteiger partial charge in [-0.2, -0.15) is 0 Å². The van der Waals surface area contributed by atoms with E-state index in [1.807, 2.05) is 55.5 Å². The van der Waals surface area contributed by atoms with Gasteiger partial charge in [-0.15, -0.1) is 0 Å². The molecule has 0 fully saturated rings. The smallest absolute Gasteiger partial charge is 0.237 e. The second-order valence-corrected chi connectivity index (χ2v) is 4.78.